The van der Waals surface area contributed by atoms with Gasteiger partial charge in [-0.2, -0.15) is 0 Å². The highest BCUT2D eigenvalue weighted by Gasteiger charge is 2.14. The van der Waals surface area contributed by atoms with E-state index in [2.05, 4.69) is 20.6 Å². The summed E-state index contributed by atoms with van der Waals surface area (Å²) in [7, 11) is 1.59. The number of hydrogen-bond acceptors (Lipinski definition) is 4. The van der Waals surface area contributed by atoms with Gasteiger partial charge in [-0.05, 0) is 12.1 Å². The maximum Gasteiger partial charge on any atom is 0.253 e. The van der Waals surface area contributed by atoms with Gasteiger partial charge in [-0.1, -0.05) is 18.2 Å². The predicted molar refractivity (Wildman–Crippen MR) is 94.6 cm³/mol. The zero-order valence-electron chi connectivity index (χ0n) is 13.9. The van der Waals surface area contributed by atoms with Crippen LogP contribution in [-0.2, 0) is 11.3 Å². The molecular formula is C18H18N4O3. The van der Waals surface area contributed by atoms with Gasteiger partial charge < -0.3 is 20.4 Å². The van der Waals surface area contributed by atoms with E-state index in [1.807, 2.05) is 24.3 Å². The molecule has 3 rings (SSSR count). The standard InChI is InChI=1S/C18H18N4O3/c1-11(23)22-13-7-14-15(10-20-17(14)19-9-13)18(24)21-8-12-5-3-4-6-16(12)25-2/h3-7,9-10H,8H2,1-2H3,(H,19,20)(H,21,24)(H,22,23). The number of benzene rings is 1. The van der Waals surface area contributed by atoms with E-state index in [1.165, 1.54) is 13.1 Å². The third-order valence-corrected chi connectivity index (χ3v) is 3.73. The van der Waals surface area contributed by atoms with Gasteiger partial charge in [-0.15, -0.1) is 0 Å². The zero-order chi connectivity index (χ0) is 17.8. The molecule has 1 aromatic carbocycles. The second-order valence-corrected chi connectivity index (χ2v) is 5.50. The Labute approximate surface area is 144 Å². The van der Waals surface area contributed by atoms with Gasteiger partial charge in [0.1, 0.15) is 11.4 Å². The Morgan fingerprint density at radius 3 is 2.84 bits per heavy atom. The number of anilines is 1. The van der Waals surface area contributed by atoms with Crippen molar-refractivity contribution in [3.8, 4) is 5.75 Å². The van der Waals surface area contributed by atoms with Crippen molar-refractivity contribution in [3.05, 3.63) is 53.9 Å². The summed E-state index contributed by atoms with van der Waals surface area (Å²) in [5.41, 5.74) is 2.47. The number of H-pyrrole nitrogens is 1. The minimum Gasteiger partial charge on any atom is -0.496 e. The first kappa shape index (κ1) is 16.5. The normalized spacial score (nSPS) is 10.5. The van der Waals surface area contributed by atoms with Crippen LogP contribution in [0.4, 0.5) is 5.69 Å². The number of fused-ring (bicyclic) bond motifs is 1. The highest BCUT2D eigenvalue weighted by molar-refractivity contribution is 6.07. The number of methoxy groups -OCH3 is 1. The molecule has 0 aliphatic rings. The van der Waals surface area contributed by atoms with E-state index in [0.29, 0.717) is 28.8 Å². The number of amides is 2. The van der Waals surface area contributed by atoms with Crippen molar-refractivity contribution < 1.29 is 14.3 Å². The molecule has 7 nitrogen and oxygen atoms in total. The topological polar surface area (TPSA) is 96.1 Å². The van der Waals surface area contributed by atoms with Gasteiger partial charge in [0.25, 0.3) is 5.91 Å². The third-order valence-electron chi connectivity index (χ3n) is 3.73. The van der Waals surface area contributed by atoms with E-state index < -0.39 is 0 Å². The summed E-state index contributed by atoms with van der Waals surface area (Å²) in [4.78, 5) is 30.9. The van der Waals surface area contributed by atoms with Crippen molar-refractivity contribution in [2.75, 3.05) is 12.4 Å². The summed E-state index contributed by atoms with van der Waals surface area (Å²) in [5.74, 6) is 0.286. The lowest BCUT2D eigenvalue weighted by Gasteiger charge is -2.09. The second kappa shape index (κ2) is 7.04. The average molecular weight is 338 g/mol. The van der Waals surface area contributed by atoms with Crippen LogP contribution >= 0.6 is 0 Å². The van der Waals surface area contributed by atoms with E-state index in [-0.39, 0.29) is 11.8 Å². The molecule has 3 aromatic rings. The highest BCUT2D eigenvalue weighted by Crippen LogP contribution is 2.21. The van der Waals surface area contributed by atoms with Crippen LogP contribution in [0.1, 0.15) is 22.8 Å². The summed E-state index contributed by atoms with van der Waals surface area (Å²) >= 11 is 0. The van der Waals surface area contributed by atoms with Crippen LogP contribution in [-0.4, -0.2) is 28.9 Å². The summed E-state index contributed by atoms with van der Waals surface area (Å²) in [6.07, 6.45) is 3.14. The van der Waals surface area contributed by atoms with E-state index in [4.69, 9.17) is 4.74 Å². The van der Waals surface area contributed by atoms with E-state index in [0.717, 1.165) is 11.3 Å². The molecule has 3 N–H and O–H groups in total. The summed E-state index contributed by atoms with van der Waals surface area (Å²) in [5, 5.41) is 6.18. The van der Waals surface area contributed by atoms with Crippen molar-refractivity contribution in [2.45, 2.75) is 13.5 Å². The Morgan fingerprint density at radius 1 is 1.28 bits per heavy atom. The molecule has 0 aliphatic heterocycles. The maximum atomic E-state index is 12.5. The quantitative estimate of drug-likeness (QED) is 0.666. The molecule has 0 fully saturated rings. The number of carbonyl (C=O) groups excluding carboxylic acids is 2. The first-order chi connectivity index (χ1) is 12.1. The molecule has 2 amide bonds. The van der Waals surface area contributed by atoms with Gasteiger partial charge in [-0.3, -0.25) is 9.59 Å². The molecule has 2 aromatic heterocycles. The van der Waals surface area contributed by atoms with Crippen LogP contribution in [0.5, 0.6) is 5.75 Å². The molecular weight excluding hydrogens is 320 g/mol. The summed E-state index contributed by atoms with van der Waals surface area (Å²) in [6, 6.07) is 9.22. The summed E-state index contributed by atoms with van der Waals surface area (Å²) in [6.45, 7) is 1.76. The molecule has 0 bridgehead atoms. The van der Waals surface area contributed by atoms with Crippen LogP contribution in [0.25, 0.3) is 11.0 Å². The smallest absolute Gasteiger partial charge is 0.253 e. The van der Waals surface area contributed by atoms with Crippen LogP contribution in [0.15, 0.2) is 42.7 Å². The van der Waals surface area contributed by atoms with Crippen molar-refractivity contribution >= 4 is 28.5 Å². The fourth-order valence-corrected chi connectivity index (χ4v) is 2.58. The van der Waals surface area contributed by atoms with E-state index >= 15 is 0 Å². The maximum absolute atomic E-state index is 12.5. The number of aromatic amines is 1. The molecule has 0 unspecified atom stereocenters. The average Bonchev–Trinajstić information content (AvgIpc) is 3.02. The van der Waals surface area contributed by atoms with Gasteiger partial charge >= 0.3 is 0 Å². The molecule has 0 aliphatic carbocycles. The number of carbonyl (C=O) groups is 2. The zero-order valence-corrected chi connectivity index (χ0v) is 13.9. The van der Waals surface area contributed by atoms with Crippen molar-refractivity contribution in [3.63, 3.8) is 0 Å². The lowest BCUT2D eigenvalue weighted by molar-refractivity contribution is -0.114. The molecule has 128 valence electrons. The predicted octanol–water partition coefficient (Wildman–Crippen LogP) is 2.46. The fraction of sp³-hybridized carbons (Fsp3) is 0.167. The van der Waals surface area contributed by atoms with Crippen molar-refractivity contribution in [2.24, 2.45) is 0 Å². The number of nitrogens with zero attached hydrogens (tertiary/aromatic N) is 1. The number of nitrogens with one attached hydrogen (secondary N) is 3. The molecule has 2 heterocycles. The first-order valence-corrected chi connectivity index (χ1v) is 7.73. The number of ether oxygens (including phenoxy) is 1. The van der Waals surface area contributed by atoms with Crippen molar-refractivity contribution in [1.82, 2.24) is 15.3 Å². The van der Waals surface area contributed by atoms with Crippen LogP contribution in [0.3, 0.4) is 0 Å². The first-order valence-electron chi connectivity index (χ1n) is 7.73. The van der Waals surface area contributed by atoms with Gasteiger partial charge in [0.2, 0.25) is 5.91 Å². The van der Waals surface area contributed by atoms with Gasteiger partial charge in [0.05, 0.1) is 24.6 Å². The Bertz CT molecular complexity index is 933. The third kappa shape index (κ3) is 3.60. The number of hydrogen-bond donors (Lipinski definition) is 3. The van der Waals surface area contributed by atoms with Crippen LogP contribution in [0.2, 0.25) is 0 Å². The Hall–Kier alpha value is -3.35. The fourth-order valence-electron chi connectivity index (χ4n) is 2.58. The Morgan fingerprint density at radius 2 is 2.08 bits per heavy atom. The van der Waals surface area contributed by atoms with Gasteiger partial charge in [0.15, 0.2) is 0 Å². The molecule has 0 spiro atoms. The highest BCUT2D eigenvalue weighted by atomic mass is 16.5. The number of para-hydroxylation sites is 1. The van der Waals surface area contributed by atoms with Crippen molar-refractivity contribution in [1.29, 1.82) is 0 Å². The SMILES string of the molecule is COc1ccccc1CNC(=O)c1c[nH]c2ncc(NC(C)=O)cc12. The molecule has 0 saturated carbocycles. The molecule has 0 saturated heterocycles. The largest absolute Gasteiger partial charge is 0.496 e. The number of aromatic nitrogens is 2. The lowest BCUT2D eigenvalue weighted by atomic mass is 10.1. The minimum absolute atomic E-state index is 0.196. The van der Waals surface area contributed by atoms with E-state index in [9.17, 15) is 9.59 Å². The van der Waals surface area contributed by atoms with Crippen LogP contribution in [0, 0.1) is 0 Å². The molecule has 25 heavy (non-hydrogen) atoms. The van der Waals surface area contributed by atoms with E-state index in [1.54, 1.807) is 19.4 Å². The van der Waals surface area contributed by atoms with Crippen LogP contribution < -0.4 is 15.4 Å². The monoisotopic (exact) mass is 338 g/mol. The Kier molecular flexibility index (Phi) is 4.65. The molecule has 0 atom stereocenters. The second-order valence-electron chi connectivity index (χ2n) is 5.50. The van der Waals surface area contributed by atoms with Gasteiger partial charge in [0, 0.05) is 30.6 Å². The van der Waals surface area contributed by atoms with Gasteiger partial charge in [-0.25, -0.2) is 4.98 Å². The lowest BCUT2D eigenvalue weighted by Crippen LogP contribution is -2.22. The number of rotatable bonds is 5. The summed E-state index contributed by atoms with van der Waals surface area (Å²) < 4.78 is 5.28. The molecule has 7 heteroatoms. The minimum atomic E-state index is -0.237. The molecule has 0 radical (unpaired) electrons. The number of pyridine rings is 1. The Balaban J connectivity index is 1.81.